The molecular weight excluding hydrogens is 294 g/mol. The van der Waals surface area contributed by atoms with Crippen molar-refractivity contribution in [2.75, 3.05) is 0 Å². The second kappa shape index (κ2) is 5.67. The first-order chi connectivity index (χ1) is 8.74. The molecular formula is C14H10BrNO2. The molecule has 2 rings (SSSR count). The van der Waals surface area contributed by atoms with E-state index in [-0.39, 0.29) is 6.61 Å². The van der Waals surface area contributed by atoms with E-state index >= 15 is 0 Å². The maximum Gasteiger partial charge on any atom is 0.146 e. The van der Waals surface area contributed by atoms with Crippen molar-refractivity contribution in [2.24, 2.45) is 0 Å². The van der Waals surface area contributed by atoms with Gasteiger partial charge in [0.2, 0.25) is 0 Å². The quantitative estimate of drug-likeness (QED) is 0.942. The van der Waals surface area contributed by atoms with Gasteiger partial charge in [-0.2, -0.15) is 5.26 Å². The highest BCUT2D eigenvalue weighted by Gasteiger charge is 2.08. The van der Waals surface area contributed by atoms with Crippen LogP contribution in [0, 0.1) is 11.3 Å². The Labute approximate surface area is 113 Å². The van der Waals surface area contributed by atoms with Crippen LogP contribution in [-0.4, -0.2) is 5.11 Å². The molecule has 0 aromatic heterocycles. The molecule has 0 unspecified atom stereocenters. The Morgan fingerprint density at radius 1 is 1.22 bits per heavy atom. The monoisotopic (exact) mass is 303 g/mol. The van der Waals surface area contributed by atoms with Crippen molar-refractivity contribution in [3.8, 4) is 17.6 Å². The van der Waals surface area contributed by atoms with Crippen molar-refractivity contribution in [2.45, 2.75) is 6.61 Å². The molecule has 2 aromatic rings. The zero-order valence-electron chi connectivity index (χ0n) is 9.43. The van der Waals surface area contributed by atoms with E-state index in [0.29, 0.717) is 21.5 Å². The Hall–Kier alpha value is -1.83. The van der Waals surface area contributed by atoms with Crippen LogP contribution in [0.2, 0.25) is 0 Å². The molecule has 0 fully saturated rings. The van der Waals surface area contributed by atoms with Gasteiger partial charge in [0.05, 0.1) is 6.61 Å². The number of rotatable bonds is 3. The maximum atomic E-state index is 9.08. The molecule has 0 spiro atoms. The van der Waals surface area contributed by atoms with E-state index in [2.05, 4.69) is 22.0 Å². The van der Waals surface area contributed by atoms with Gasteiger partial charge in [0.15, 0.2) is 0 Å². The number of aliphatic hydroxyl groups excluding tert-OH is 1. The van der Waals surface area contributed by atoms with E-state index in [4.69, 9.17) is 15.1 Å². The fourth-order valence-electron chi connectivity index (χ4n) is 1.53. The summed E-state index contributed by atoms with van der Waals surface area (Å²) >= 11 is 3.31. The molecule has 0 saturated carbocycles. The van der Waals surface area contributed by atoms with E-state index in [1.54, 1.807) is 42.5 Å². The summed E-state index contributed by atoms with van der Waals surface area (Å²) in [5.74, 6) is 1.08. The third-order valence-corrected chi connectivity index (χ3v) is 3.06. The first kappa shape index (κ1) is 12.6. The molecule has 0 saturated heterocycles. The zero-order chi connectivity index (χ0) is 13.0. The van der Waals surface area contributed by atoms with Gasteiger partial charge in [-0.05, 0) is 45.8 Å². The summed E-state index contributed by atoms with van der Waals surface area (Å²) in [5.41, 5.74) is 1.22. The molecule has 4 heteroatoms. The Balaban J connectivity index is 2.34. The van der Waals surface area contributed by atoms with Gasteiger partial charge in [-0.1, -0.05) is 18.2 Å². The van der Waals surface area contributed by atoms with Crippen LogP contribution in [0.3, 0.4) is 0 Å². The summed E-state index contributed by atoms with van der Waals surface area (Å²) in [6.07, 6.45) is 0. The number of nitrogens with zero attached hydrogens (tertiary/aromatic N) is 1. The van der Waals surface area contributed by atoms with Gasteiger partial charge in [0.25, 0.3) is 0 Å². The second-order valence-corrected chi connectivity index (χ2v) is 4.49. The molecule has 0 bridgehead atoms. The highest BCUT2D eigenvalue weighted by molar-refractivity contribution is 9.10. The topological polar surface area (TPSA) is 53.2 Å². The summed E-state index contributed by atoms with van der Waals surface area (Å²) < 4.78 is 6.36. The lowest BCUT2D eigenvalue weighted by atomic mass is 10.2. The molecule has 0 amide bonds. The third kappa shape index (κ3) is 2.70. The summed E-state index contributed by atoms with van der Waals surface area (Å²) in [5, 5.41) is 18.1. The van der Waals surface area contributed by atoms with E-state index in [0.717, 1.165) is 5.56 Å². The number of hydrogen-bond donors (Lipinski definition) is 1. The lowest BCUT2D eigenvalue weighted by molar-refractivity contribution is 0.281. The predicted molar refractivity (Wildman–Crippen MR) is 71.3 cm³/mol. The van der Waals surface area contributed by atoms with Gasteiger partial charge in [0, 0.05) is 4.47 Å². The third-order valence-electron chi connectivity index (χ3n) is 2.40. The van der Waals surface area contributed by atoms with Crippen LogP contribution in [0.15, 0.2) is 46.9 Å². The van der Waals surface area contributed by atoms with E-state index < -0.39 is 0 Å². The van der Waals surface area contributed by atoms with Crippen molar-refractivity contribution in [1.29, 1.82) is 5.26 Å². The van der Waals surface area contributed by atoms with Crippen LogP contribution in [0.4, 0.5) is 0 Å². The Morgan fingerprint density at radius 2 is 2.00 bits per heavy atom. The van der Waals surface area contributed by atoms with E-state index in [1.165, 1.54) is 0 Å². The zero-order valence-corrected chi connectivity index (χ0v) is 11.0. The summed E-state index contributed by atoms with van der Waals surface area (Å²) in [6, 6.07) is 14.5. The Morgan fingerprint density at radius 3 is 2.72 bits per heavy atom. The second-order valence-electron chi connectivity index (χ2n) is 3.63. The first-order valence-electron chi connectivity index (χ1n) is 5.31. The van der Waals surface area contributed by atoms with Crippen molar-refractivity contribution >= 4 is 15.9 Å². The minimum absolute atomic E-state index is 0.0409. The Kier molecular flexibility index (Phi) is 3.98. The molecule has 0 radical (unpaired) electrons. The summed E-state index contributed by atoms with van der Waals surface area (Å²) in [4.78, 5) is 0. The standard InChI is InChI=1S/C14H10BrNO2/c15-13-5-2-6-14(12(13)8-16)18-11-4-1-3-10(7-11)9-17/h1-7,17H,9H2. The van der Waals surface area contributed by atoms with Gasteiger partial charge in [0.1, 0.15) is 23.1 Å². The highest BCUT2D eigenvalue weighted by Crippen LogP contribution is 2.30. The summed E-state index contributed by atoms with van der Waals surface area (Å²) in [6.45, 7) is -0.0409. The molecule has 0 heterocycles. The number of benzene rings is 2. The molecule has 0 aliphatic carbocycles. The van der Waals surface area contributed by atoms with E-state index in [9.17, 15) is 0 Å². The largest absolute Gasteiger partial charge is 0.456 e. The average Bonchev–Trinajstić information content (AvgIpc) is 2.39. The minimum atomic E-state index is -0.0409. The van der Waals surface area contributed by atoms with Crippen LogP contribution in [0.25, 0.3) is 0 Å². The molecule has 0 aliphatic rings. The van der Waals surface area contributed by atoms with Crippen molar-refractivity contribution in [3.05, 3.63) is 58.1 Å². The lowest BCUT2D eigenvalue weighted by Gasteiger charge is -2.09. The van der Waals surface area contributed by atoms with Crippen LogP contribution in [0.1, 0.15) is 11.1 Å². The first-order valence-corrected chi connectivity index (χ1v) is 6.10. The number of nitriles is 1. The van der Waals surface area contributed by atoms with Gasteiger partial charge < -0.3 is 9.84 Å². The van der Waals surface area contributed by atoms with Gasteiger partial charge >= 0.3 is 0 Å². The van der Waals surface area contributed by atoms with Crippen LogP contribution in [0.5, 0.6) is 11.5 Å². The van der Waals surface area contributed by atoms with Crippen LogP contribution in [-0.2, 0) is 6.61 Å². The molecule has 18 heavy (non-hydrogen) atoms. The number of hydrogen-bond acceptors (Lipinski definition) is 3. The molecule has 0 atom stereocenters. The SMILES string of the molecule is N#Cc1c(Br)cccc1Oc1cccc(CO)c1. The minimum Gasteiger partial charge on any atom is -0.456 e. The normalized spacial score (nSPS) is 9.83. The number of halogens is 1. The average molecular weight is 304 g/mol. The maximum absolute atomic E-state index is 9.08. The van der Waals surface area contributed by atoms with Crippen molar-refractivity contribution in [1.82, 2.24) is 0 Å². The fourth-order valence-corrected chi connectivity index (χ4v) is 1.97. The van der Waals surface area contributed by atoms with Gasteiger partial charge in [-0.15, -0.1) is 0 Å². The fraction of sp³-hybridized carbons (Fsp3) is 0.0714. The van der Waals surface area contributed by atoms with Gasteiger partial charge in [-0.25, -0.2) is 0 Å². The molecule has 0 aliphatic heterocycles. The number of ether oxygens (including phenoxy) is 1. The molecule has 3 nitrogen and oxygen atoms in total. The van der Waals surface area contributed by atoms with Crippen LogP contribution >= 0.6 is 15.9 Å². The summed E-state index contributed by atoms with van der Waals surface area (Å²) in [7, 11) is 0. The lowest BCUT2D eigenvalue weighted by Crippen LogP contribution is -1.90. The van der Waals surface area contributed by atoms with E-state index in [1.807, 2.05) is 0 Å². The Bertz CT molecular complexity index is 605. The van der Waals surface area contributed by atoms with Crippen molar-refractivity contribution in [3.63, 3.8) is 0 Å². The predicted octanol–water partition coefficient (Wildman–Crippen LogP) is 3.61. The molecule has 2 aromatic carbocycles. The van der Waals surface area contributed by atoms with Crippen molar-refractivity contribution < 1.29 is 9.84 Å². The van der Waals surface area contributed by atoms with Crippen LogP contribution < -0.4 is 4.74 Å². The molecule has 1 N–H and O–H groups in total. The smallest absolute Gasteiger partial charge is 0.146 e. The van der Waals surface area contributed by atoms with Gasteiger partial charge in [-0.3, -0.25) is 0 Å². The molecule has 90 valence electrons. The highest BCUT2D eigenvalue weighted by atomic mass is 79.9. The number of aliphatic hydroxyl groups is 1.